The number of ether oxygens (including phenoxy) is 1. The number of likely N-dealkylation sites (tertiary alicyclic amines) is 1. The number of nitrogens with zero attached hydrogens (tertiary/aromatic N) is 1. The maximum absolute atomic E-state index is 12.4. The Balaban J connectivity index is 0.000000370. The van der Waals surface area contributed by atoms with Crippen LogP contribution in [0.5, 0.6) is 0 Å². The van der Waals surface area contributed by atoms with Crippen LogP contribution >= 0.6 is 11.3 Å². The van der Waals surface area contributed by atoms with Crippen LogP contribution in [0.3, 0.4) is 0 Å². The third-order valence-electron chi connectivity index (χ3n) is 4.86. The molecule has 29 heavy (non-hydrogen) atoms. The molecule has 1 aromatic heterocycles. The normalized spacial score (nSPS) is 24.6. The van der Waals surface area contributed by atoms with Gasteiger partial charge in [0.25, 0.3) is 0 Å². The van der Waals surface area contributed by atoms with Crippen molar-refractivity contribution in [1.82, 2.24) is 10.2 Å². The second-order valence-corrected chi connectivity index (χ2v) is 8.03. The Bertz CT molecular complexity index is 681. The molecule has 2 saturated heterocycles. The Morgan fingerprint density at radius 3 is 2.76 bits per heavy atom. The number of amides is 1. The van der Waals surface area contributed by atoms with Gasteiger partial charge in [-0.3, -0.25) is 9.69 Å². The van der Waals surface area contributed by atoms with Gasteiger partial charge in [0.2, 0.25) is 5.91 Å². The van der Waals surface area contributed by atoms with E-state index in [4.69, 9.17) is 14.6 Å². The van der Waals surface area contributed by atoms with Gasteiger partial charge in [-0.25, -0.2) is 4.79 Å². The molecule has 2 aliphatic rings. The Morgan fingerprint density at radius 2 is 2.17 bits per heavy atom. The zero-order valence-corrected chi connectivity index (χ0v) is 16.7. The number of hydrogen-bond donors (Lipinski definition) is 2. The lowest BCUT2D eigenvalue weighted by atomic mass is 9.83. The van der Waals surface area contributed by atoms with E-state index in [0.717, 1.165) is 32.5 Å². The lowest BCUT2D eigenvalue weighted by molar-refractivity contribution is -0.192. The van der Waals surface area contributed by atoms with Crippen molar-refractivity contribution in [2.24, 2.45) is 11.8 Å². The van der Waals surface area contributed by atoms with Crippen LogP contribution in [0.4, 0.5) is 13.2 Å². The number of alkyl halides is 3. The van der Waals surface area contributed by atoms with Gasteiger partial charge in [-0.15, -0.1) is 17.9 Å². The molecule has 162 valence electrons. The van der Waals surface area contributed by atoms with E-state index >= 15 is 0 Å². The molecular formula is C19H25F3N2O4S. The van der Waals surface area contributed by atoms with Crippen LogP contribution in [0.1, 0.15) is 17.7 Å². The van der Waals surface area contributed by atoms with Crippen molar-refractivity contribution >= 4 is 23.2 Å². The number of carboxylic acid groups (broad SMARTS) is 1. The van der Waals surface area contributed by atoms with E-state index in [0.29, 0.717) is 25.2 Å². The van der Waals surface area contributed by atoms with Gasteiger partial charge < -0.3 is 15.2 Å². The fourth-order valence-corrected chi connectivity index (χ4v) is 4.11. The number of nitrogens with one attached hydrogen (secondary N) is 1. The summed E-state index contributed by atoms with van der Waals surface area (Å²) in [5, 5.41) is 12.2. The summed E-state index contributed by atoms with van der Waals surface area (Å²) in [5.74, 6) is -2.16. The van der Waals surface area contributed by atoms with Crippen molar-refractivity contribution in [1.29, 1.82) is 0 Å². The molecule has 10 heteroatoms. The minimum atomic E-state index is -5.08. The van der Waals surface area contributed by atoms with Crippen LogP contribution < -0.4 is 5.32 Å². The van der Waals surface area contributed by atoms with Crippen LogP contribution in [0.2, 0.25) is 0 Å². The highest BCUT2D eigenvalue weighted by Gasteiger charge is 2.38. The fraction of sp³-hybridized carbons (Fsp3) is 0.579. The van der Waals surface area contributed by atoms with Crippen LogP contribution in [-0.4, -0.2) is 60.4 Å². The largest absolute Gasteiger partial charge is 0.490 e. The average Bonchev–Trinajstić information content (AvgIpc) is 3.19. The lowest BCUT2D eigenvalue weighted by Crippen LogP contribution is -2.50. The van der Waals surface area contributed by atoms with Crippen LogP contribution in [0, 0.1) is 11.8 Å². The molecule has 0 bridgehead atoms. The summed E-state index contributed by atoms with van der Waals surface area (Å²) in [4.78, 5) is 24.9. The smallest absolute Gasteiger partial charge is 0.475 e. The minimum Gasteiger partial charge on any atom is -0.475 e. The highest BCUT2D eigenvalue weighted by atomic mass is 32.1. The average molecular weight is 434 g/mol. The standard InChI is InChI=1S/C17H24N2O2S.C2HF3O2/c1-2-6-19-7-5-16-13(11-19)9-14(12-21-16)17(20)18-10-15-4-3-8-22-15;3-2(4,5)1(6)7/h2-4,8,13-14,16H,1,5-7,9-12H2,(H,18,20);(H,6,7)/t13-,14-,16+;/m1./s1. The van der Waals surface area contributed by atoms with Crippen molar-refractivity contribution in [3.8, 4) is 0 Å². The van der Waals surface area contributed by atoms with Crippen LogP contribution in [-0.2, 0) is 20.9 Å². The highest BCUT2D eigenvalue weighted by molar-refractivity contribution is 7.09. The van der Waals surface area contributed by atoms with Crippen molar-refractivity contribution < 1.29 is 32.6 Å². The molecule has 0 saturated carbocycles. The van der Waals surface area contributed by atoms with Crippen molar-refractivity contribution in [2.75, 3.05) is 26.2 Å². The summed E-state index contributed by atoms with van der Waals surface area (Å²) in [7, 11) is 0. The maximum atomic E-state index is 12.4. The predicted molar refractivity (Wildman–Crippen MR) is 102 cm³/mol. The number of piperidine rings is 1. The van der Waals surface area contributed by atoms with Gasteiger partial charge >= 0.3 is 12.1 Å². The van der Waals surface area contributed by atoms with Crippen LogP contribution in [0.15, 0.2) is 30.2 Å². The molecule has 0 aliphatic carbocycles. The number of fused-ring (bicyclic) bond motifs is 1. The first-order chi connectivity index (χ1) is 13.7. The van der Waals surface area contributed by atoms with Gasteiger partial charge in [0.05, 0.1) is 25.2 Å². The van der Waals surface area contributed by atoms with Crippen molar-refractivity contribution in [3.05, 3.63) is 35.0 Å². The number of hydrogen-bond acceptors (Lipinski definition) is 5. The number of carboxylic acids is 1. The van der Waals surface area contributed by atoms with Gasteiger partial charge in [-0.2, -0.15) is 13.2 Å². The van der Waals surface area contributed by atoms with Gasteiger partial charge in [-0.05, 0) is 30.2 Å². The van der Waals surface area contributed by atoms with Gasteiger partial charge in [0.15, 0.2) is 0 Å². The summed E-state index contributed by atoms with van der Waals surface area (Å²) in [6.07, 6.45) is -0.784. The molecule has 1 amide bonds. The van der Waals surface area contributed by atoms with Gasteiger partial charge in [0.1, 0.15) is 0 Å². The van der Waals surface area contributed by atoms with E-state index in [1.54, 1.807) is 11.3 Å². The molecular weight excluding hydrogens is 409 g/mol. The van der Waals surface area contributed by atoms with E-state index < -0.39 is 12.1 Å². The molecule has 0 radical (unpaired) electrons. The van der Waals surface area contributed by atoms with Crippen molar-refractivity contribution in [3.63, 3.8) is 0 Å². The van der Waals surface area contributed by atoms with E-state index in [9.17, 15) is 18.0 Å². The second kappa shape index (κ2) is 10.7. The van der Waals surface area contributed by atoms with E-state index in [1.165, 1.54) is 4.88 Å². The number of rotatable bonds is 5. The summed E-state index contributed by atoms with van der Waals surface area (Å²) >= 11 is 1.67. The first kappa shape index (κ1) is 23.4. The van der Waals surface area contributed by atoms with Gasteiger partial charge in [-0.1, -0.05) is 12.1 Å². The van der Waals surface area contributed by atoms with E-state index in [2.05, 4.69) is 16.8 Å². The van der Waals surface area contributed by atoms with Gasteiger partial charge in [0, 0.05) is 24.5 Å². The van der Waals surface area contributed by atoms with Crippen LogP contribution in [0.25, 0.3) is 0 Å². The third-order valence-corrected chi connectivity index (χ3v) is 5.74. The number of carbonyl (C=O) groups is 2. The lowest BCUT2D eigenvalue weighted by Gasteiger charge is -2.42. The zero-order valence-electron chi connectivity index (χ0n) is 15.9. The van der Waals surface area contributed by atoms with E-state index in [-0.39, 0.29) is 11.8 Å². The number of thiophene rings is 1. The fourth-order valence-electron chi connectivity index (χ4n) is 3.47. The molecule has 0 spiro atoms. The Labute approximate surface area is 171 Å². The molecule has 3 rings (SSSR count). The predicted octanol–water partition coefficient (Wildman–Crippen LogP) is 2.91. The molecule has 6 nitrogen and oxygen atoms in total. The minimum absolute atomic E-state index is 0.00936. The summed E-state index contributed by atoms with van der Waals surface area (Å²) < 4.78 is 37.7. The first-order valence-electron chi connectivity index (χ1n) is 9.25. The molecule has 0 aromatic carbocycles. The van der Waals surface area contributed by atoms with E-state index in [1.807, 2.05) is 23.6 Å². The van der Waals surface area contributed by atoms with Crippen molar-refractivity contribution in [2.45, 2.75) is 31.7 Å². The number of aliphatic carboxylic acids is 1. The highest BCUT2D eigenvalue weighted by Crippen LogP contribution is 2.31. The molecule has 2 aliphatic heterocycles. The summed E-state index contributed by atoms with van der Waals surface area (Å²) in [6, 6.07) is 4.06. The quantitative estimate of drug-likeness (QED) is 0.697. The monoisotopic (exact) mass is 434 g/mol. The molecule has 1 aromatic rings. The zero-order chi connectivity index (χ0) is 21.4. The third kappa shape index (κ3) is 7.45. The summed E-state index contributed by atoms with van der Waals surface area (Å²) in [5.41, 5.74) is 0. The summed E-state index contributed by atoms with van der Waals surface area (Å²) in [6.45, 7) is 8.03. The maximum Gasteiger partial charge on any atom is 0.490 e. The second-order valence-electron chi connectivity index (χ2n) is 7.00. The Morgan fingerprint density at radius 1 is 1.45 bits per heavy atom. The Hall–Kier alpha value is -1.91. The molecule has 2 fully saturated rings. The topological polar surface area (TPSA) is 78.9 Å². The molecule has 3 heterocycles. The number of carbonyl (C=O) groups excluding carboxylic acids is 1. The first-order valence-corrected chi connectivity index (χ1v) is 10.1. The Kier molecular flexibility index (Phi) is 8.66. The number of halogens is 3. The molecule has 2 N–H and O–H groups in total. The molecule has 3 atom stereocenters. The molecule has 0 unspecified atom stereocenters. The SMILES string of the molecule is C=CCN1CC[C@@H]2OC[C@H](C(=O)NCc3cccs3)C[C@@H]2C1.O=C(O)C(F)(F)F.